The molecule has 132 valence electrons. The molecule has 0 saturated carbocycles. The van der Waals surface area contributed by atoms with Gasteiger partial charge in [0.15, 0.2) is 0 Å². The summed E-state index contributed by atoms with van der Waals surface area (Å²) in [6.45, 7) is 5.23. The second kappa shape index (κ2) is 7.89. The zero-order valence-corrected chi connectivity index (χ0v) is 15.4. The normalized spacial score (nSPS) is 17.3. The predicted octanol–water partition coefficient (Wildman–Crippen LogP) is 4.73. The molecule has 1 saturated heterocycles. The molecule has 2 aliphatic rings. The van der Waals surface area contributed by atoms with E-state index < -0.39 is 0 Å². The first-order valence-corrected chi connectivity index (χ1v) is 8.83. The first-order valence-electron chi connectivity index (χ1n) is 8.83. The van der Waals surface area contributed by atoms with Crippen molar-refractivity contribution in [3.05, 3.63) is 59.7 Å². The summed E-state index contributed by atoms with van der Waals surface area (Å²) in [6.07, 6.45) is 3.85. The fourth-order valence-corrected chi connectivity index (χ4v) is 3.44. The maximum atomic E-state index is 4.93. The van der Waals surface area contributed by atoms with Gasteiger partial charge in [0.1, 0.15) is 0 Å². The molecule has 1 N–H and O–H groups in total. The summed E-state index contributed by atoms with van der Waals surface area (Å²) in [4.78, 5) is 4.93. The third-order valence-electron chi connectivity index (χ3n) is 4.85. The molecule has 25 heavy (non-hydrogen) atoms. The second-order valence-corrected chi connectivity index (χ2v) is 6.58. The maximum absolute atomic E-state index is 4.93. The first-order chi connectivity index (χ1) is 11.8. The van der Waals surface area contributed by atoms with Crippen LogP contribution in [0.3, 0.4) is 0 Å². The second-order valence-electron chi connectivity index (χ2n) is 6.58. The molecule has 2 aromatic carbocycles. The number of fused-ring (bicyclic) bond motifs is 1. The summed E-state index contributed by atoms with van der Waals surface area (Å²) in [5.41, 5.74) is 4.72. The van der Waals surface area contributed by atoms with Crippen LogP contribution in [0.5, 0.6) is 0 Å². The molecule has 0 atom stereocenters. The molecule has 0 radical (unpaired) electrons. The van der Waals surface area contributed by atoms with Gasteiger partial charge in [-0.15, -0.1) is 12.4 Å². The van der Waals surface area contributed by atoms with Crippen LogP contribution < -0.4 is 5.32 Å². The van der Waals surface area contributed by atoms with Gasteiger partial charge in [-0.1, -0.05) is 42.8 Å². The lowest BCUT2D eigenvalue weighted by molar-refractivity contribution is 0.0173. The van der Waals surface area contributed by atoms with Crippen molar-refractivity contribution in [2.24, 2.45) is 4.99 Å². The van der Waals surface area contributed by atoms with Crippen molar-refractivity contribution in [1.82, 2.24) is 10.0 Å². The van der Waals surface area contributed by atoms with E-state index in [0.29, 0.717) is 0 Å². The van der Waals surface area contributed by atoms with Crippen molar-refractivity contribution < 1.29 is 0 Å². The van der Waals surface area contributed by atoms with Crippen LogP contribution in [0.1, 0.15) is 30.4 Å². The molecular weight excluding hydrogens is 332 g/mol. The molecule has 0 aliphatic carbocycles. The fourth-order valence-electron chi connectivity index (χ4n) is 3.44. The maximum Gasteiger partial charge on any atom is 0.218 e. The molecule has 2 aromatic rings. The number of piperidine rings is 1. The third kappa shape index (κ3) is 3.80. The average molecular weight is 357 g/mol. The number of hydrogen-bond donors (Lipinski definition) is 1. The smallest absolute Gasteiger partial charge is 0.218 e. The fraction of sp³-hybridized carbons (Fsp3) is 0.350. The van der Waals surface area contributed by atoms with Gasteiger partial charge in [0.05, 0.1) is 12.2 Å². The van der Waals surface area contributed by atoms with Crippen LogP contribution in [0, 0.1) is 6.92 Å². The molecule has 2 aliphatic heterocycles. The van der Waals surface area contributed by atoms with Crippen molar-refractivity contribution in [3.8, 4) is 0 Å². The van der Waals surface area contributed by atoms with E-state index in [1.807, 2.05) is 0 Å². The highest BCUT2D eigenvalue weighted by Crippen LogP contribution is 2.28. The van der Waals surface area contributed by atoms with Gasteiger partial charge in [0.2, 0.25) is 5.96 Å². The van der Waals surface area contributed by atoms with Crippen molar-refractivity contribution in [3.63, 3.8) is 0 Å². The molecule has 0 aromatic heterocycles. The van der Waals surface area contributed by atoms with E-state index in [1.165, 1.54) is 30.4 Å². The number of hydrogen-bond acceptors (Lipinski definition) is 4. The number of hydrazine groups is 1. The summed E-state index contributed by atoms with van der Waals surface area (Å²) < 4.78 is 0. The zero-order chi connectivity index (χ0) is 16.4. The van der Waals surface area contributed by atoms with Gasteiger partial charge < -0.3 is 5.32 Å². The van der Waals surface area contributed by atoms with Gasteiger partial charge in [0, 0.05) is 18.8 Å². The number of guanidine groups is 1. The van der Waals surface area contributed by atoms with E-state index in [4.69, 9.17) is 4.99 Å². The van der Waals surface area contributed by atoms with Gasteiger partial charge >= 0.3 is 0 Å². The van der Waals surface area contributed by atoms with E-state index in [-0.39, 0.29) is 12.4 Å². The Bertz CT molecular complexity index is 753. The molecule has 1 fully saturated rings. The highest BCUT2D eigenvalue weighted by atomic mass is 35.5. The van der Waals surface area contributed by atoms with Crippen LogP contribution >= 0.6 is 12.4 Å². The Labute approximate surface area is 155 Å². The summed E-state index contributed by atoms with van der Waals surface area (Å²) in [5, 5.41) is 8.35. The number of halogens is 1. The highest BCUT2D eigenvalue weighted by molar-refractivity contribution is 5.96. The highest BCUT2D eigenvalue weighted by Gasteiger charge is 2.26. The Kier molecular flexibility index (Phi) is 5.61. The largest absolute Gasteiger partial charge is 0.325 e. The molecule has 4 rings (SSSR count). The molecule has 4 nitrogen and oxygen atoms in total. The lowest BCUT2D eigenvalue weighted by Gasteiger charge is -2.41. The molecule has 0 spiro atoms. The minimum absolute atomic E-state index is 0. The number of para-hydroxylation sites is 2. The minimum Gasteiger partial charge on any atom is -0.325 e. The molecule has 0 bridgehead atoms. The lowest BCUT2D eigenvalue weighted by Crippen LogP contribution is -2.51. The van der Waals surface area contributed by atoms with Gasteiger partial charge in [-0.05, 0) is 43.0 Å². The van der Waals surface area contributed by atoms with E-state index in [1.54, 1.807) is 0 Å². The minimum atomic E-state index is 0. The van der Waals surface area contributed by atoms with Crippen molar-refractivity contribution >= 4 is 29.7 Å². The van der Waals surface area contributed by atoms with Gasteiger partial charge in [-0.3, -0.25) is 5.01 Å². The van der Waals surface area contributed by atoms with Gasteiger partial charge in [0.25, 0.3) is 0 Å². The van der Waals surface area contributed by atoms with Crippen LogP contribution in [-0.4, -0.2) is 29.1 Å². The summed E-state index contributed by atoms with van der Waals surface area (Å²) in [5.74, 6) is 0.935. The number of aliphatic imine (C=N–C) groups is 1. The number of nitrogens with zero attached hydrogens (tertiary/aromatic N) is 3. The van der Waals surface area contributed by atoms with Crippen molar-refractivity contribution in [2.45, 2.75) is 32.7 Å². The summed E-state index contributed by atoms with van der Waals surface area (Å²) >= 11 is 0. The predicted molar refractivity (Wildman–Crippen MR) is 107 cm³/mol. The van der Waals surface area contributed by atoms with E-state index in [9.17, 15) is 0 Å². The Balaban J connectivity index is 0.00000182. The first kappa shape index (κ1) is 17.8. The third-order valence-corrected chi connectivity index (χ3v) is 4.85. The van der Waals surface area contributed by atoms with Crippen molar-refractivity contribution in [1.29, 1.82) is 0 Å². The van der Waals surface area contributed by atoms with Crippen LogP contribution in [-0.2, 0) is 6.54 Å². The molecule has 0 amide bonds. The number of nitrogens with one attached hydrogen (secondary N) is 1. The zero-order valence-electron chi connectivity index (χ0n) is 14.6. The SMILES string of the molecule is Cc1ccccc1NC1=Nc2ccccc2CN1N1CCCCC1.Cl. The number of benzene rings is 2. The molecule has 0 unspecified atom stereocenters. The van der Waals surface area contributed by atoms with E-state index in [2.05, 4.69) is 70.8 Å². The summed E-state index contributed by atoms with van der Waals surface area (Å²) in [6, 6.07) is 16.8. The standard InChI is InChI=1S/C20H24N4.ClH/c1-16-9-3-5-11-18(16)21-20-22-19-12-6-4-10-17(19)15-24(20)23-13-7-2-8-14-23;/h3-6,9-12H,2,7-8,13-15H2,1H3,(H,21,22);1H. The van der Waals surface area contributed by atoms with Crippen LogP contribution in [0.2, 0.25) is 0 Å². The van der Waals surface area contributed by atoms with E-state index in [0.717, 1.165) is 37.0 Å². The number of aryl methyl sites for hydroxylation is 1. The monoisotopic (exact) mass is 356 g/mol. The Morgan fingerprint density at radius 2 is 1.64 bits per heavy atom. The van der Waals surface area contributed by atoms with Gasteiger partial charge in [-0.25, -0.2) is 10.0 Å². The lowest BCUT2D eigenvalue weighted by atomic mass is 10.1. The molecule has 5 heteroatoms. The number of anilines is 1. The van der Waals surface area contributed by atoms with Crippen molar-refractivity contribution in [2.75, 3.05) is 18.4 Å². The number of rotatable bonds is 2. The van der Waals surface area contributed by atoms with Crippen LogP contribution in [0.15, 0.2) is 53.5 Å². The quantitative estimate of drug-likeness (QED) is 0.843. The summed E-state index contributed by atoms with van der Waals surface area (Å²) in [7, 11) is 0. The molecule has 2 heterocycles. The average Bonchev–Trinajstić information content (AvgIpc) is 2.64. The molecular formula is C20H25ClN4. The Morgan fingerprint density at radius 1 is 0.920 bits per heavy atom. The van der Waals surface area contributed by atoms with Crippen LogP contribution in [0.4, 0.5) is 11.4 Å². The van der Waals surface area contributed by atoms with Crippen LogP contribution in [0.25, 0.3) is 0 Å². The topological polar surface area (TPSA) is 30.9 Å². The Morgan fingerprint density at radius 3 is 2.44 bits per heavy atom. The van der Waals surface area contributed by atoms with E-state index >= 15 is 0 Å². The Hall–Kier alpha value is -2.04. The van der Waals surface area contributed by atoms with Gasteiger partial charge in [-0.2, -0.15) is 0 Å².